The van der Waals surface area contributed by atoms with Crippen LogP contribution in [0.2, 0.25) is 5.02 Å². The minimum atomic E-state index is -0.401. The summed E-state index contributed by atoms with van der Waals surface area (Å²) in [6, 6.07) is 12.1. The molecule has 0 saturated carbocycles. The number of amides is 1. The molecule has 1 heterocycles. The van der Waals surface area contributed by atoms with Gasteiger partial charge in [-0.25, -0.2) is 0 Å². The first kappa shape index (κ1) is 22.3. The van der Waals surface area contributed by atoms with Crippen LogP contribution in [0.25, 0.3) is 11.3 Å². The standard InChI is InChI=1S/C21H18BrClN2O4S/c1-11-7-12(22)8-16(19(11)28-2)20(27)25-21(30)24-13-3-5-17(23)15(9-13)18-6-4-14(10-26)29-18/h3-9,26H,10H2,1-2H3,(H2,24,25,27,30). The van der Waals surface area contributed by atoms with Gasteiger partial charge in [-0.1, -0.05) is 27.5 Å². The van der Waals surface area contributed by atoms with Crippen molar-refractivity contribution in [1.82, 2.24) is 5.32 Å². The number of rotatable bonds is 5. The molecule has 3 rings (SSSR count). The van der Waals surface area contributed by atoms with Crippen molar-refractivity contribution in [3.63, 3.8) is 0 Å². The van der Waals surface area contributed by atoms with Crippen molar-refractivity contribution in [2.24, 2.45) is 0 Å². The number of methoxy groups -OCH3 is 1. The number of anilines is 1. The van der Waals surface area contributed by atoms with Crippen molar-refractivity contribution in [2.45, 2.75) is 13.5 Å². The molecule has 1 amide bonds. The molecule has 3 aromatic rings. The van der Waals surface area contributed by atoms with Crippen LogP contribution in [-0.4, -0.2) is 23.2 Å². The topological polar surface area (TPSA) is 83.7 Å². The lowest BCUT2D eigenvalue weighted by atomic mass is 10.1. The second-order valence-corrected chi connectivity index (χ2v) is 8.06. The van der Waals surface area contributed by atoms with Crippen molar-refractivity contribution < 1.29 is 19.1 Å². The van der Waals surface area contributed by atoms with Crippen LogP contribution in [0.1, 0.15) is 21.7 Å². The molecule has 1 aromatic heterocycles. The van der Waals surface area contributed by atoms with Crippen LogP contribution in [0.3, 0.4) is 0 Å². The summed E-state index contributed by atoms with van der Waals surface area (Å²) in [5.41, 5.74) is 2.41. The Labute approximate surface area is 192 Å². The smallest absolute Gasteiger partial charge is 0.261 e. The molecule has 0 aliphatic heterocycles. The van der Waals surface area contributed by atoms with Gasteiger partial charge < -0.3 is 19.6 Å². The van der Waals surface area contributed by atoms with Crippen LogP contribution in [-0.2, 0) is 6.61 Å². The summed E-state index contributed by atoms with van der Waals surface area (Å²) in [5.74, 6) is 1.02. The van der Waals surface area contributed by atoms with Gasteiger partial charge in [0.1, 0.15) is 23.9 Å². The second-order valence-electron chi connectivity index (χ2n) is 6.33. The Kier molecular flexibility index (Phi) is 7.14. The number of furan rings is 1. The summed E-state index contributed by atoms with van der Waals surface area (Å²) in [7, 11) is 1.51. The van der Waals surface area contributed by atoms with E-state index in [4.69, 9.17) is 33.0 Å². The number of carbonyl (C=O) groups is 1. The zero-order valence-electron chi connectivity index (χ0n) is 16.1. The molecule has 0 bridgehead atoms. The summed E-state index contributed by atoms with van der Waals surface area (Å²) in [4.78, 5) is 12.7. The van der Waals surface area contributed by atoms with Crippen LogP contribution >= 0.6 is 39.7 Å². The number of aliphatic hydroxyl groups excluding tert-OH is 1. The zero-order valence-corrected chi connectivity index (χ0v) is 19.2. The molecule has 0 atom stereocenters. The minimum Gasteiger partial charge on any atom is -0.496 e. The van der Waals surface area contributed by atoms with Gasteiger partial charge in [0.2, 0.25) is 0 Å². The highest BCUT2D eigenvalue weighted by atomic mass is 79.9. The molecule has 9 heteroatoms. The molecule has 6 nitrogen and oxygen atoms in total. The van der Waals surface area contributed by atoms with E-state index >= 15 is 0 Å². The normalized spacial score (nSPS) is 10.6. The molecular weight excluding hydrogens is 492 g/mol. The Balaban J connectivity index is 1.77. The highest BCUT2D eigenvalue weighted by Crippen LogP contribution is 2.32. The number of benzene rings is 2. The van der Waals surface area contributed by atoms with Crippen molar-refractivity contribution in [2.75, 3.05) is 12.4 Å². The predicted octanol–water partition coefficient (Wildman–Crippen LogP) is 5.30. The molecule has 0 spiro atoms. The first-order valence-electron chi connectivity index (χ1n) is 8.78. The number of carbonyl (C=O) groups excluding carboxylic acids is 1. The van der Waals surface area contributed by atoms with Gasteiger partial charge >= 0.3 is 0 Å². The Morgan fingerprint density at radius 2 is 2.03 bits per heavy atom. The van der Waals surface area contributed by atoms with Gasteiger partial charge in [0.25, 0.3) is 5.91 Å². The van der Waals surface area contributed by atoms with Crippen LogP contribution in [0.15, 0.2) is 51.4 Å². The average Bonchev–Trinajstić information content (AvgIpc) is 3.18. The predicted molar refractivity (Wildman–Crippen MR) is 124 cm³/mol. The fourth-order valence-electron chi connectivity index (χ4n) is 2.90. The lowest BCUT2D eigenvalue weighted by molar-refractivity contribution is 0.0974. The fourth-order valence-corrected chi connectivity index (χ4v) is 3.90. The molecule has 2 aromatic carbocycles. The molecule has 3 N–H and O–H groups in total. The molecule has 30 heavy (non-hydrogen) atoms. The molecule has 0 aliphatic carbocycles. The quantitative estimate of drug-likeness (QED) is 0.405. The summed E-state index contributed by atoms with van der Waals surface area (Å²) >= 11 is 15.0. The molecule has 0 saturated heterocycles. The van der Waals surface area contributed by atoms with E-state index in [0.717, 1.165) is 10.0 Å². The van der Waals surface area contributed by atoms with E-state index in [9.17, 15) is 9.90 Å². The van der Waals surface area contributed by atoms with Gasteiger partial charge in [0.15, 0.2) is 5.11 Å². The monoisotopic (exact) mass is 508 g/mol. The van der Waals surface area contributed by atoms with Gasteiger partial charge in [-0.05, 0) is 67.2 Å². The van der Waals surface area contributed by atoms with Crippen LogP contribution in [0.4, 0.5) is 5.69 Å². The first-order chi connectivity index (χ1) is 14.3. The number of halogens is 2. The largest absolute Gasteiger partial charge is 0.496 e. The van der Waals surface area contributed by atoms with Crippen LogP contribution in [0, 0.1) is 6.92 Å². The SMILES string of the molecule is COc1c(C)cc(Br)cc1C(=O)NC(=S)Nc1ccc(Cl)c(-c2ccc(CO)o2)c1. The number of thiocarbonyl (C=S) groups is 1. The summed E-state index contributed by atoms with van der Waals surface area (Å²) in [5, 5.41) is 15.4. The molecule has 156 valence electrons. The first-order valence-corrected chi connectivity index (χ1v) is 10.4. The van der Waals surface area contributed by atoms with E-state index in [2.05, 4.69) is 26.6 Å². The van der Waals surface area contributed by atoms with Crippen LogP contribution in [0.5, 0.6) is 5.75 Å². The van der Waals surface area contributed by atoms with Crippen LogP contribution < -0.4 is 15.4 Å². The lowest BCUT2D eigenvalue weighted by Gasteiger charge is -2.14. The number of aryl methyl sites for hydroxylation is 1. The highest BCUT2D eigenvalue weighted by Gasteiger charge is 2.17. The molecule has 0 fully saturated rings. The van der Waals surface area contributed by atoms with E-state index in [0.29, 0.717) is 39.1 Å². The number of nitrogens with one attached hydrogen (secondary N) is 2. The Bertz CT molecular complexity index is 1120. The third kappa shape index (κ3) is 5.02. The Morgan fingerprint density at radius 3 is 2.70 bits per heavy atom. The van der Waals surface area contributed by atoms with Gasteiger partial charge in [-0.2, -0.15) is 0 Å². The van der Waals surface area contributed by atoms with Gasteiger partial charge in [0, 0.05) is 15.7 Å². The number of aliphatic hydroxyl groups is 1. The van der Waals surface area contributed by atoms with Crippen molar-refractivity contribution >= 4 is 56.5 Å². The minimum absolute atomic E-state index is 0.114. The number of hydrogen-bond acceptors (Lipinski definition) is 5. The summed E-state index contributed by atoms with van der Waals surface area (Å²) < 4.78 is 11.7. The zero-order chi connectivity index (χ0) is 21.8. The maximum Gasteiger partial charge on any atom is 0.261 e. The van der Waals surface area contributed by atoms with E-state index in [-0.39, 0.29) is 11.7 Å². The number of ether oxygens (including phenoxy) is 1. The summed E-state index contributed by atoms with van der Waals surface area (Å²) in [6.07, 6.45) is 0. The number of hydrogen-bond donors (Lipinski definition) is 3. The third-order valence-electron chi connectivity index (χ3n) is 4.22. The molecule has 0 radical (unpaired) electrons. The summed E-state index contributed by atoms with van der Waals surface area (Å²) in [6.45, 7) is 1.65. The van der Waals surface area contributed by atoms with Crippen molar-refractivity contribution in [3.8, 4) is 17.1 Å². The molecular formula is C21H18BrClN2O4S. The van der Waals surface area contributed by atoms with Crippen molar-refractivity contribution in [1.29, 1.82) is 0 Å². The van der Waals surface area contributed by atoms with E-state index in [1.54, 1.807) is 36.4 Å². The third-order valence-corrected chi connectivity index (χ3v) is 5.21. The fraction of sp³-hybridized carbons (Fsp3) is 0.143. The molecule has 0 unspecified atom stereocenters. The Hall–Kier alpha value is -2.39. The van der Waals surface area contributed by atoms with Crippen molar-refractivity contribution in [3.05, 3.63) is 68.8 Å². The highest BCUT2D eigenvalue weighted by molar-refractivity contribution is 9.10. The van der Waals surface area contributed by atoms with E-state index in [1.165, 1.54) is 7.11 Å². The second kappa shape index (κ2) is 9.61. The van der Waals surface area contributed by atoms with Gasteiger partial charge in [-0.3, -0.25) is 10.1 Å². The van der Waals surface area contributed by atoms with E-state index < -0.39 is 5.91 Å². The lowest BCUT2D eigenvalue weighted by Crippen LogP contribution is -2.34. The maximum atomic E-state index is 12.7. The van der Waals surface area contributed by atoms with Gasteiger partial charge in [0.05, 0.1) is 17.7 Å². The average molecular weight is 510 g/mol. The van der Waals surface area contributed by atoms with E-state index in [1.807, 2.05) is 13.0 Å². The Morgan fingerprint density at radius 1 is 1.27 bits per heavy atom. The van der Waals surface area contributed by atoms with Gasteiger partial charge in [-0.15, -0.1) is 0 Å². The molecule has 0 aliphatic rings. The maximum absolute atomic E-state index is 12.7.